The van der Waals surface area contributed by atoms with Crippen LogP contribution >= 0.6 is 0 Å². The first-order valence-electron chi connectivity index (χ1n) is 6.77. The van der Waals surface area contributed by atoms with Gasteiger partial charge in [0.25, 0.3) is 0 Å². The average molecular weight is 292 g/mol. The quantitative estimate of drug-likeness (QED) is 0.347. The number of aliphatic carboxylic acids is 1. The summed E-state index contributed by atoms with van der Waals surface area (Å²) in [6.07, 6.45) is -0.617. The predicted octanol–water partition coefficient (Wildman–Crippen LogP) is 3.22. The van der Waals surface area contributed by atoms with Crippen LogP contribution in [0.5, 0.6) is 0 Å². The first-order chi connectivity index (χ1) is 10.6. The lowest BCUT2D eigenvalue weighted by Gasteiger charge is -2.06. The van der Waals surface area contributed by atoms with Gasteiger partial charge in [0.05, 0.1) is 6.42 Å². The fraction of sp³-hybridized carbons (Fsp3) is 0.0556. The summed E-state index contributed by atoms with van der Waals surface area (Å²) in [7, 11) is 0. The molecule has 22 heavy (non-hydrogen) atoms. The second kappa shape index (κ2) is 5.41. The number of ketones is 2. The molecular weight excluding hydrogens is 280 g/mol. The highest BCUT2D eigenvalue weighted by Crippen LogP contribution is 2.26. The molecule has 0 atom stereocenters. The monoisotopic (exact) mass is 292 g/mol. The third-order valence-corrected chi connectivity index (χ3v) is 3.63. The normalized spacial score (nSPS) is 10.7. The van der Waals surface area contributed by atoms with Crippen LogP contribution in [0.2, 0.25) is 0 Å². The summed E-state index contributed by atoms with van der Waals surface area (Å²) in [5.41, 5.74) is 0.345. The van der Waals surface area contributed by atoms with Gasteiger partial charge in [-0.15, -0.1) is 0 Å². The molecule has 3 rings (SSSR count). The van der Waals surface area contributed by atoms with Gasteiger partial charge < -0.3 is 5.11 Å². The number of carbonyl (C=O) groups is 3. The fourth-order valence-electron chi connectivity index (χ4n) is 2.51. The molecule has 0 spiro atoms. The molecule has 0 radical (unpaired) electrons. The predicted molar refractivity (Wildman–Crippen MR) is 83.0 cm³/mol. The van der Waals surface area contributed by atoms with E-state index in [-0.39, 0.29) is 0 Å². The van der Waals surface area contributed by atoms with E-state index in [1.807, 2.05) is 42.5 Å². The Balaban J connectivity index is 2.03. The molecule has 0 fully saturated rings. The van der Waals surface area contributed by atoms with Crippen LogP contribution in [0, 0.1) is 0 Å². The van der Waals surface area contributed by atoms with E-state index in [9.17, 15) is 14.4 Å². The van der Waals surface area contributed by atoms with Crippen molar-refractivity contribution < 1.29 is 19.5 Å². The number of carbonyl (C=O) groups excluding carboxylic acids is 2. The minimum Gasteiger partial charge on any atom is -0.475 e. The smallest absolute Gasteiger partial charge is 0.372 e. The third-order valence-electron chi connectivity index (χ3n) is 3.63. The zero-order chi connectivity index (χ0) is 15.7. The van der Waals surface area contributed by atoms with Crippen LogP contribution in [0.25, 0.3) is 21.5 Å². The molecule has 3 aromatic rings. The lowest BCUT2D eigenvalue weighted by atomic mass is 9.98. The summed E-state index contributed by atoms with van der Waals surface area (Å²) in [4.78, 5) is 33.7. The second-order valence-electron chi connectivity index (χ2n) is 5.05. The molecule has 0 saturated heterocycles. The van der Waals surface area contributed by atoms with E-state index in [2.05, 4.69) is 0 Å². The molecule has 1 N–H and O–H groups in total. The van der Waals surface area contributed by atoms with Gasteiger partial charge in [0.2, 0.25) is 5.78 Å². The van der Waals surface area contributed by atoms with E-state index < -0.39 is 24.0 Å². The molecule has 0 bridgehead atoms. The van der Waals surface area contributed by atoms with Crippen molar-refractivity contribution in [1.29, 1.82) is 0 Å². The lowest BCUT2D eigenvalue weighted by molar-refractivity contribution is -0.148. The minimum atomic E-state index is -1.58. The van der Waals surface area contributed by atoms with Crippen molar-refractivity contribution in [3.63, 3.8) is 0 Å². The molecule has 0 aliphatic carbocycles. The molecule has 4 nitrogen and oxygen atoms in total. The second-order valence-corrected chi connectivity index (χ2v) is 5.05. The van der Waals surface area contributed by atoms with Gasteiger partial charge in [0, 0.05) is 5.56 Å². The minimum absolute atomic E-state index is 0.345. The van der Waals surface area contributed by atoms with Crippen molar-refractivity contribution in [2.45, 2.75) is 6.42 Å². The fourth-order valence-corrected chi connectivity index (χ4v) is 2.51. The Labute approximate surface area is 126 Å². The number of hydrogen-bond acceptors (Lipinski definition) is 3. The maximum absolute atomic E-state index is 12.0. The Morgan fingerprint density at radius 3 is 2.27 bits per heavy atom. The number of hydrogen-bond donors (Lipinski definition) is 1. The molecule has 0 unspecified atom stereocenters. The Kier molecular flexibility index (Phi) is 3.43. The maximum Gasteiger partial charge on any atom is 0.372 e. The van der Waals surface area contributed by atoms with E-state index in [1.165, 1.54) is 0 Å². The summed E-state index contributed by atoms with van der Waals surface area (Å²) in [5, 5.41) is 12.7. The van der Waals surface area contributed by atoms with E-state index >= 15 is 0 Å². The summed E-state index contributed by atoms with van der Waals surface area (Å²) in [6, 6.07) is 17.0. The molecule has 0 amide bonds. The standard InChI is InChI=1S/C18H12O4/c19-16(10-17(20)18(21)22)13-7-8-15-12(9-13)6-5-11-3-1-2-4-14(11)15/h1-9H,10H2,(H,21,22). The summed E-state index contributed by atoms with van der Waals surface area (Å²) in [6.45, 7) is 0. The van der Waals surface area contributed by atoms with Gasteiger partial charge in [0.15, 0.2) is 5.78 Å². The van der Waals surface area contributed by atoms with E-state index in [1.54, 1.807) is 12.1 Å². The Morgan fingerprint density at radius 1 is 0.818 bits per heavy atom. The van der Waals surface area contributed by atoms with Gasteiger partial charge in [-0.1, -0.05) is 48.5 Å². The van der Waals surface area contributed by atoms with Gasteiger partial charge in [0.1, 0.15) is 0 Å². The Bertz CT molecular complexity index is 925. The summed E-state index contributed by atoms with van der Waals surface area (Å²) < 4.78 is 0. The summed E-state index contributed by atoms with van der Waals surface area (Å²) in [5.74, 6) is -3.16. The van der Waals surface area contributed by atoms with Gasteiger partial charge in [-0.2, -0.15) is 0 Å². The van der Waals surface area contributed by atoms with Crippen LogP contribution in [0.1, 0.15) is 16.8 Å². The van der Waals surface area contributed by atoms with Crippen LogP contribution in [0.4, 0.5) is 0 Å². The molecule has 3 aromatic carbocycles. The highest BCUT2D eigenvalue weighted by Gasteiger charge is 2.18. The third kappa shape index (κ3) is 2.46. The van der Waals surface area contributed by atoms with Crippen LogP contribution < -0.4 is 0 Å². The number of rotatable bonds is 4. The number of Topliss-reactive ketones (excluding diaryl/α,β-unsaturated/α-hetero) is 2. The van der Waals surface area contributed by atoms with Crippen molar-refractivity contribution in [1.82, 2.24) is 0 Å². The van der Waals surface area contributed by atoms with E-state index in [0.717, 1.165) is 21.5 Å². The topological polar surface area (TPSA) is 71.4 Å². The van der Waals surface area contributed by atoms with Crippen molar-refractivity contribution >= 4 is 39.1 Å². The van der Waals surface area contributed by atoms with Crippen molar-refractivity contribution in [3.05, 3.63) is 60.2 Å². The zero-order valence-electron chi connectivity index (χ0n) is 11.6. The van der Waals surface area contributed by atoms with Gasteiger partial charge in [-0.05, 0) is 27.6 Å². The van der Waals surface area contributed by atoms with Crippen molar-refractivity contribution in [3.8, 4) is 0 Å². The molecule has 0 saturated carbocycles. The number of carboxylic acid groups (broad SMARTS) is 1. The SMILES string of the molecule is O=C(O)C(=O)CC(=O)c1ccc2c(ccc3ccccc32)c1. The molecule has 0 heterocycles. The molecule has 4 heteroatoms. The average Bonchev–Trinajstić information content (AvgIpc) is 2.54. The molecule has 0 aromatic heterocycles. The maximum atomic E-state index is 12.0. The zero-order valence-corrected chi connectivity index (χ0v) is 11.6. The first-order valence-corrected chi connectivity index (χ1v) is 6.77. The molecular formula is C18H12O4. The van der Waals surface area contributed by atoms with Crippen LogP contribution in [-0.4, -0.2) is 22.6 Å². The van der Waals surface area contributed by atoms with Crippen molar-refractivity contribution in [2.75, 3.05) is 0 Å². The molecule has 0 aliphatic rings. The molecule has 108 valence electrons. The largest absolute Gasteiger partial charge is 0.475 e. The van der Waals surface area contributed by atoms with Crippen LogP contribution in [0.15, 0.2) is 54.6 Å². The van der Waals surface area contributed by atoms with Gasteiger partial charge in [-0.3, -0.25) is 9.59 Å². The van der Waals surface area contributed by atoms with E-state index in [0.29, 0.717) is 5.56 Å². The van der Waals surface area contributed by atoms with E-state index in [4.69, 9.17) is 5.11 Å². The highest BCUT2D eigenvalue weighted by molar-refractivity contribution is 6.37. The Hall–Kier alpha value is -3.01. The van der Waals surface area contributed by atoms with Gasteiger partial charge >= 0.3 is 5.97 Å². The number of benzene rings is 3. The van der Waals surface area contributed by atoms with Crippen LogP contribution in [-0.2, 0) is 9.59 Å². The van der Waals surface area contributed by atoms with Crippen molar-refractivity contribution in [2.24, 2.45) is 0 Å². The molecule has 0 aliphatic heterocycles. The van der Waals surface area contributed by atoms with Gasteiger partial charge in [-0.25, -0.2) is 4.79 Å². The number of fused-ring (bicyclic) bond motifs is 3. The Morgan fingerprint density at radius 2 is 1.50 bits per heavy atom. The summed E-state index contributed by atoms with van der Waals surface area (Å²) >= 11 is 0. The number of carboxylic acids is 1. The van der Waals surface area contributed by atoms with Crippen LogP contribution in [0.3, 0.4) is 0 Å². The first kappa shape index (κ1) is 13.9. The highest BCUT2D eigenvalue weighted by atomic mass is 16.4. The lowest BCUT2D eigenvalue weighted by Crippen LogP contribution is -2.17.